The minimum atomic E-state index is -0.228. The molecular formula is C16H15FN2. The summed E-state index contributed by atoms with van der Waals surface area (Å²) < 4.78 is 13.0. The van der Waals surface area contributed by atoms with Gasteiger partial charge >= 0.3 is 0 Å². The molecule has 0 aromatic heterocycles. The Morgan fingerprint density at radius 2 is 1.84 bits per heavy atom. The first-order chi connectivity index (χ1) is 9.10. The van der Waals surface area contributed by atoms with E-state index in [0.717, 1.165) is 16.8 Å². The number of hydrogen-bond acceptors (Lipinski definition) is 2. The molecule has 96 valence electrons. The van der Waals surface area contributed by atoms with Gasteiger partial charge in [-0.05, 0) is 55.3 Å². The number of hydrogen-bond donors (Lipinski definition) is 1. The fraction of sp³-hybridized carbons (Fsp3) is 0.188. The average Bonchev–Trinajstić information content (AvgIpc) is 2.42. The molecular weight excluding hydrogens is 239 g/mol. The lowest BCUT2D eigenvalue weighted by molar-refractivity contribution is 0.626. The summed E-state index contributed by atoms with van der Waals surface area (Å²) in [6, 6.07) is 14.3. The fourth-order valence-electron chi connectivity index (χ4n) is 1.95. The summed E-state index contributed by atoms with van der Waals surface area (Å²) in [5, 5.41) is 12.1. The molecule has 0 radical (unpaired) electrons. The van der Waals surface area contributed by atoms with Crippen molar-refractivity contribution in [3.8, 4) is 6.07 Å². The number of nitrogens with one attached hydrogen (secondary N) is 1. The number of halogens is 1. The molecule has 2 nitrogen and oxygen atoms in total. The van der Waals surface area contributed by atoms with Crippen LogP contribution in [0.15, 0.2) is 42.5 Å². The maximum Gasteiger partial charge on any atom is 0.123 e. The van der Waals surface area contributed by atoms with Gasteiger partial charge in [0, 0.05) is 11.7 Å². The Labute approximate surface area is 112 Å². The van der Waals surface area contributed by atoms with Crippen molar-refractivity contribution in [3.63, 3.8) is 0 Å². The summed E-state index contributed by atoms with van der Waals surface area (Å²) in [4.78, 5) is 0. The predicted molar refractivity (Wildman–Crippen MR) is 74.3 cm³/mol. The molecule has 0 fully saturated rings. The highest BCUT2D eigenvalue weighted by Gasteiger charge is 2.07. The van der Waals surface area contributed by atoms with E-state index in [1.54, 1.807) is 18.2 Å². The van der Waals surface area contributed by atoms with Gasteiger partial charge in [0.2, 0.25) is 0 Å². The first-order valence-electron chi connectivity index (χ1n) is 6.13. The molecule has 2 aromatic carbocycles. The van der Waals surface area contributed by atoms with Crippen molar-refractivity contribution < 1.29 is 4.39 Å². The zero-order valence-electron chi connectivity index (χ0n) is 10.9. The number of rotatable bonds is 3. The molecule has 0 bridgehead atoms. The van der Waals surface area contributed by atoms with E-state index in [4.69, 9.17) is 5.26 Å². The van der Waals surface area contributed by atoms with Gasteiger partial charge in [0.15, 0.2) is 0 Å². The van der Waals surface area contributed by atoms with Gasteiger partial charge in [-0.15, -0.1) is 0 Å². The third kappa shape index (κ3) is 3.11. The largest absolute Gasteiger partial charge is 0.378 e. The van der Waals surface area contributed by atoms with Crippen molar-refractivity contribution >= 4 is 5.69 Å². The maximum atomic E-state index is 13.0. The predicted octanol–water partition coefficient (Wildman–Crippen LogP) is 4.18. The van der Waals surface area contributed by atoms with Crippen molar-refractivity contribution in [2.45, 2.75) is 19.9 Å². The number of nitriles is 1. The van der Waals surface area contributed by atoms with Crippen LogP contribution in [-0.4, -0.2) is 0 Å². The van der Waals surface area contributed by atoms with Gasteiger partial charge in [0.05, 0.1) is 11.6 Å². The van der Waals surface area contributed by atoms with Crippen molar-refractivity contribution in [2.24, 2.45) is 0 Å². The Morgan fingerprint density at radius 3 is 2.42 bits per heavy atom. The van der Waals surface area contributed by atoms with Gasteiger partial charge in [-0.3, -0.25) is 0 Å². The summed E-state index contributed by atoms with van der Waals surface area (Å²) in [7, 11) is 0. The van der Waals surface area contributed by atoms with E-state index in [2.05, 4.69) is 11.4 Å². The lowest BCUT2D eigenvalue weighted by Crippen LogP contribution is -2.07. The van der Waals surface area contributed by atoms with Gasteiger partial charge in [0.25, 0.3) is 0 Å². The molecule has 0 aliphatic carbocycles. The van der Waals surface area contributed by atoms with Crippen LogP contribution in [0.25, 0.3) is 0 Å². The third-order valence-corrected chi connectivity index (χ3v) is 3.10. The topological polar surface area (TPSA) is 35.8 Å². The summed E-state index contributed by atoms with van der Waals surface area (Å²) >= 11 is 0. The fourth-order valence-corrected chi connectivity index (χ4v) is 1.95. The minimum Gasteiger partial charge on any atom is -0.378 e. The van der Waals surface area contributed by atoms with Crippen molar-refractivity contribution in [3.05, 3.63) is 65.0 Å². The first-order valence-corrected chi connectivity index (χ1v) is 6.13. The second-order valence-corrected chi connectivity index (χ2v) is 4.56. The van der Waals surface area contributed by atoms with E-state index < -0.39 is 0 Å². The van der Waals surface area contributed by atoms with Crippen LogP contribution in [0.4, 0.5) is 10.1 Å². The van der Waals surface area contributed by atoms with Crippen molar-refractivity contribution in [1.29, 1.82) is 5.26 Å². The Bertz CT molecular complexity index is 612. The van der Waals surface area contributed by atoms with Crippen LogP contribution < -0.4 is 5.32 Å². The summed E-state index contributed by atoms with van der Waals surface area (Å²) in [6.45, 7) is 3.90. The van der Waals surface area contributed by atoms with E-state index in [1.165, 1.54) is 12.1 Å². The molecule has 0 aliphatic rings. The number of nitrogens with zero attached hydrogens (tertiary/aromatic N) is 1. The van der Waals surface area contributed by atoms with Crippen LogP contribution in [-0.2, 0) is 0 Å². The second kappa shape index (κ2) is 5.53. The van der Waals surface area contributed by atoms with Gasteiger partial charge in [-0.25, -0.2) is 4.39 Å². The van der Waals surface area contributed by atoms with E-state index in [0.29, 0.717) is 5.56 Å². The van der Waals surface area contributed by atoms with Crippen LogP contribution >= 0.6 is 0 Å². The highest BCUT2D eigenvalue weighted by Crippen LogP contribution is 2.22. The average molecular weight is 254 g/mol. The molecule has 0 saturated heterocycles. The van der Waals surface area contributed by atoms with Gasteiger partial charge in [0.1, 0.15) is 5.82 Å². The van der Waals surface area contributed by atoms with Gasteiger partial charge < -0.3 is 5.32 Å². The molecule has 1 atom stereocenters. The molecule has 0 spiro atoms. The van der Waals surface area contributed by atoms with Crippen LogP contribution in [0.5, 0.6) is 0 Å². The number of aryl methyl sites for hydroxylation is 1. The highest BCUT2D eigenvalue weighted by molar-refractivity contribution is 5.52. The van der Waals surface area contributed by atoms with Crippen molar-refractivity contribution in [2.75, 3.05) is 5.32 Å². The molecule has 1 N–H and O–H groups in total. The lowest BCUT2D eigenvalue weighted by Gasteiger charge is -2.17. The summed E-state index contributed by atoms with van der Waals surface area (Å²) in [6.07, 6.45) is 0. The molecule has 0 saturated carbocycles. The van der Waals surface area contributed by atoms with E-state index in [-0.39, 0.29) is 11.9 Å². The Kier molecular flexibility index (Phi) is 3.82. The van der Waals surface area contributed by atoms with Crippen molar-refractivity contribution in [1.82, 2.24) is 0 Å². The van der Waals surface area contributed by atoms with Crippen LogP contribution in [0, 0.1) is 24.1 Å². The normalized spacial score (nSPS) is 11.7. The molecule has 3 heteroatoms. The maximum absolute atomic E-state index is 13.0. The molecule has 0 heterocycles. The van der Waals surface area contributed by atoms with Gasteiger partial charge in [-0.1, -0.05) is 12.1 Å². The summed E-state index contributed by atoms with van der Waals surface area (Å²) in [5.41, 5.74) is 3.52. The van der Waals surface area contributed by atoms with Crippen LogP contribution in [0.1, 0.15) is 29.7 Å². The zero-order valence-corrected chi connectivity index (χ0v) is 10.9. The smallest absolute Gasteiger partial charge is 0.123 e. The number of benzene rings is 2. The summed E-state index contributed by atoms with van der Waals surface area (Å²) in [5.74, 6) is -0.228. The molecule has 19 heavy (non-hydrogen) atoms. The zero-order chi connectivity index (χ0) is 13.8. The Morgan fingerprint density at radius 1 is 1.16 bits per heavy atom. The molecule has 0 aliphatic heterocycles. The minimum absolute atomic E-state index is 0.0944. The lowest BCUT2D eigenvalue weighted by atomic mass is 10.1. The third-order valence-electron chi connectivity index (χ3n) is 3.10. The SMILES string of the molecule is Cc1cc(F)ccc1NC(C)c1ccc(C#N)cc1. The monoisotopic (exact) mass is 254 g/mol. The Balaban J connectivity index is 2.16. The highest BCUT2D eigenvalue weighted by atomic mass is 19.1. The Hall–Kier alpha value is -2.34. The molecule has 2 rings (SSSR count). The van der Waals surface area contributed by atoms with Gasteiger partial charge in [-0.2, -0.15) is 5.26 Å². The van der Waals surface area contributed by atoms with E-state index in [1.807, 2.05) is 26.0 Å². The molecule has 1 unspecified atom stereocenters. The number of anilines is 1. The van der Waals surface area contributed by atoms with Crippen LogP contribution in [0.3, 0.4) is 0 Å². The quantitative estimate of drug-likeness (QED) is 0.891. The van der Waals surface area contributed by atoms with Crippen LogP contribution in [0.2, 0.25) is 0 Å². The molecule has 0 amide bonds. The van der Waals surface area contributed by atoms with E-state index in [9.17, 15) is 4.39 Å². The molecule has 2 aromatic rings. The second-order valence-electron chi connectivity index (χ2n) is 4.56. The standard InChI is InChI=1S/C16H15FN2/c1-11-9-15(17)7-8-16(11)19-12(2)14-5-3-13(10-18)4-6-14/h3-9,12,19H,1-2H3. The van der Waals surface area contributed by atoms with E-state index >= 15 is 0 Å². The first kappa shape index (κ1) is 13.1.